The number of hydrogen-bond acceptors (Lipinski definition) is 5. The Balaban J connectivity index is 1.82. The van der Waals surface area contributed by atoms with E-state index < -0.39 is 0 Å². The van der Waals surface area contributed by atoms with Crippen molar-refractivity contribution in [3.63, 3.8) is 0 Å². The molecule has 24 heavy (non-hydrogen) atoms. The summed E-state index contributed by atoms with van der Waals surface area (Å²) in [6.07, 6.45) is 9.20. The van der Waals surface area contributed by atoms with Crippen LogP contribution in [-0.2, 0) is 0 Å². The van der Waals surface area contributed by atoms with Gasteiger partial charge < -0.3 is 0 Å². The summed E-state index contributed by atoms with van der Waals surface area (Å²) >= 11 is 1.63. The monoisotopic (exact) mass is 333 g/mol. The molecule has 4 aromatic rings. The van der Waals surface area contributed by atoms with Gasteiger partial charge in [-0.25, -0.2) is 15.0 Å². The average Bonchev–Trinajstić information content (AvgIpc) is 3.12. The maximum Gasteiger partial charge on any atom is 0.187 e. The summed E-state index contributed by atoms with van der Waals surface area (Å²) in [5.41, 5.74) is 2.89. The minimum atomic E-state index is 0.786. The van der Waals surface area contributed by atoms with E-state index in [-0.39, 0.29) is 0 Å². The van der Waals surface area contributed by atoms with Crippen LogP contribution in [0.1, 0.15) is 6.92 Å². The van der Waals surface area contributed by atoms with Gasteiger partial charge in [0.2, 0.25) is 0 Å². The molecule has 4 rings (SSSR count). The zero-order valence-corrected chi connectivity index (χ0v) is 13.9. The number of hydrogen-bond donors (Lipinski definition) is 0. The summed E-state index contributed by atoms with van der Waals surface area (Å²) in [5.74, 6) is 1.77. The smallest absolute Gasteiger partial charge is 0.187 e. The summed E-state index contributed by atoms with van der Waals surface area (Å²) in [6, 6.07) is 10.1. The number of rotatable bonds is 4. The zero-order chi connectivity index (χ0) is 16.4. The van der Waals surface area contributed by atoms with E-state index in [9.17, 15) is 0 Å². The summed E-state index contributed by atoms with van der Waals surface area (Å²) in [4.78, 5) is 17.7. The molecule has 0 N–H and O–H groups in total. The van der Waals surface area contributed by atoms with Crippen LogP contribution in [0.15, 0.2) is 66.5 Å². The van der Waals surface area contributed by atoms with Gasteiger partial charge in [-0.1, -0.05) is 24.8 Å². The highest BCUT2D eigenvalue weighted by Gasteiger charge is 2.11. The number of imidazole rings is 1. The fourth-order valence-corrected chi connectivity index (χ4v) is 3.16. The molecule has 118 valence electrons. The molecule has 0 bridgehead atoms. The second kappa shape index (κ2) is 6.41. The highest BCUT2D eigenvalue weighted by molar-refractivity contribution is 7.99. The lowest BCUT2D eigenvalue weighted by atomic mass is 10.1. The first-order chi connectivity index (χ1) is 11.9. The lowest BCUT2D eigenvalue weighted by molar-refractivity contribution is 0.959. The van der Waals surface area contributed by atoms with E-state index in [0.29, 0.717) is 0 Å². The Labute approximate surface area is 143 Å². The Morgan fingerprint density at radius 3 is 2.67 bits per heavy atom. The third-order valence-electron chi connectivity index (χ3n) is 3.68. The van der Waals surface area contributed by atoms with Crippen molar-refractivity contribution in [3.8, 4) is 17.1 Å². The third kappa shape index (κ3) is 2.65. The van der Waals surface area contributed by atoms with Gasteiger partial charge in [0.25, 0.3) is 0 Å². The maximum absolute atomic E-state index is 4.50. The number of thioether (sulfide) groups is 1. The second-order valence-corrected chi connectivity index (χ2v) is 6.39. The molecule has 3 heterocycles. The van der Waals surface area contributed by atoms with E-state index >= 15 is 0 Å². The molecule has 0 amide bonds. The molecule has 0 aliphatic rings. The molecule has 0 aliphatic carbocycles. The second-order valence-electron chi connectivity index (χ2n) is 5.16. The lowest BCUT2D eigenvalue weighted by Crippen LogP contribution is -1.99. The van der Waals surface area contributed by atoms with Crippen molar-refractivity contribution in [1.29, 1.82) is 0 Å². The molecule has 0 saturated carbocycles. The van der Waals surface area contributed by atoms with Crippen molar-refractivity contribution in [3.05, 3.63) is 61.3 Å². The van der Waals surface area contributed by atoms with E-state index in [4.69, 9.17) is 0 Å². The largest absolute Gasteiger partial charge is 0.299 e. The number of pyridine rings is 1. The number of benzene rings is 1. The highest BCUT2D eigenvalue weighted by atomic mass is 32.2. The van der Waals surface area contributed by atoms with Crippen LogP contribution in [-0.4, -0.2) is 30.3 Å². The van der Waals surface area contributed by atoms with Crippen molar-refractivity contribution >= 4 is 22.7 Å². The Morgan fingerprint density at radius 1 is 0.958 bits per heavy atom. The first-order valence-electron chi connectivity index (χ1n) is 7.69. The van der Waals surface area contributed by atoms with Crippen LogP contribution in [0.25, 0.3) is 28.0 Å². The van der Waals surface area contributed by atoms with Gasteiger partial charge in [0.05, 0.1) is 16.8 Å². The van der Waals surface area contributed by atoms with E-state index in [1.54, 1.807) is 24.2 Å². The Morgan fingerprint density at radius 2 is 1.83 bits per heavy atom. The van der Waals surface area contributed by atoms with Gasteiger partial charge in [-0.15, -0.1) is 0 Å². The van der Waals surface area contributed by atoms with Crippen molar-refractivity contribution in [2.24, 2.45) is 0 Å². The van der Waals surface area contributed by atoms with Crippen LogP contribution in [0.5, 0.6) is 0 Å². The van der Waals surface area contributed by atoms with Crippen molar-refractivity contribution < 1.29 is 0 Å². The maximum atomic E-state index is 4.50. The number of aromatic nitrogens is 5. The molecule has 5 nitrogen and oxygen atoms in total. The van der Waals surface area contributed by atoms with Gasteiger partial charge in [0, 0.05) is 36.4 Å². The van der Waals surface area contributed by atoms with Crippen molar-refractivity contribution in [2.45, 2.75) is 12.1 Å². The van der Waals surface area contributed by atoms with Gasteiger partial charge in [0.1, 0.15) is 5.82 Å². The minimum absolute atomic E-state index is 0.786. The summed E-state index contributed by atoms with van der Waals surface area (Å²) < 4.78 is 2.05. The molecule has 0 saturated heterocycles. The molecule has 0 radical (unpaired) electrons. The topological polar surface area (TPSA) is 56.5 Å². The predicted octanol–water partition coefficient (Wildman–Crippen LogP) is 3.99. The van der Waals surface area contributed by atoms with Crippen molar-refractivity contribution in [2.75, 3.05) is 5.75 Å². The number of nitrogens with zero attached hydrogens (tertiary/aromatic N) is 5. The molecule has 0 unspecified atom stereocenters. The molecule has 3 aromatic heterocycles. The molecular formula is C18H15N5S. The summed E-state index contributed by atoms with van der Waals surface area (Å²) in [5, 5.41) is 1.87. The fraction of sp³-hybridized carbons (Fsp3) is 0.111. The molecule has 6 heteroatoms. The van der Waals surface area contributed by atoms with E-state index in [1.807, 2.05) is 36.8 Å². The van der Waals surface area contributed by atoms with E-state index in [1.165, 1.54) is 0 Å². The standard InChI is InChI=1S/C18H15N5S/c1-2-24-18-21-11-13(12-22-18)17-20-9-10-23(17)16-7-3-6-15-14(16)5-4-8-19-15/h3-12H,2H2,1H3. The summed E-state index contributed by atoms with van der Waals surface area (Å²) in [6.45, 7) is 2.09. The SMILES string of the molecule is CCSc1ncc(-c2nccn2-c2cccc3ncccc23)cn1. The van der Waals surface area contributed by atoms with Gasteiger partial charge in [0.15, 0.2) is 5.16 Å². The van der Waals surface area contributed by atoms with Crippen LogP contribution in [0, 0.1) is 0 Å². The molecule has 0 aliphatic heterocycles. The molecule has 1 aromatic carbocycles. The van der Waals surface area contributed by atoms with Gasteiger partial charge in [-0.05, 0) is 30.0 Å². The van der Waals surface area contributed by atoms with Crippen LogP contribution < -0.4 is 0 Å². The Hall–Kier alpha value is -2.73. The van der Waals surface area contributed by atoms with E-state index in [0.717, 1.165) is 38.9 Å². The first-order valence-corrected chi connectivity index (χ1v) is 8.68. The first kappa shape index (κ1) is 14.8. The third-order valence-corrected chi connectivity index (χ3v) is 4.44. The average molecular weight is 333 g/mol. The van der Waals surface area contributed by atoms with Crippen LogP contribution in [0.4, 0.5) is 0 Å². The fourth-order valence-electron chi connectivity index (χ4n) is 2.64. The zero-order valence-electron chi connectivity index (χ0n) is 13.1. The highest BCUT2D eigenvalue weighted by Crippen LogP contribution is 2.26. The molecule has 0 fully saturated rings. The Bertz CT molecular complexity index is 973. The predicted molar refractivity (Wildman–Crippen MR) is 96.3 cm³/mol. The van der Waals surface area contributed by atoms with E-state index in [2.05, 4.69) is 43.6 Å². The molecule has 0 atom stereocenters. The molecular weight excluding hydrogens is 318 g/mol. The van der Waals surface area contributed by atoms with Crippen LogP contribution >= 0.6 is 11.8 Å². The minimum Gasteiger partial charge on any atom is -0.299 e. The number of fused-ring (bicyclic) bond motifs is 1. The van der Waals surface area contributed by atoms with Crippen LogP contribution in [0.2, 0.25) is 0 Å². The summed E-state index contributed by atoms with van der Waals surface area (Å²) in [7, 11) is 0. The lowest BCUT2D eigenvalue weighted by Gasteiger charge is -2.10. The van der Waals surface area contributed by atoms with Gasteiger partial charge in [-0.3, -0.25) is 9.55 Å². The normalized spacial score (nSPS) is 11.0. The quantitative estimate of drug-likeness (QED) is 0.417. The molecule has 0 spiro atoms. The van der Waals surface area contributed by atoms with Crippen molar-refractivity contribution in [1.82, 2.24) is 24.5 Å². The van der Waals surface area contributed by atoms with Gasteiger partial charge in [-0.2, -0.15) is 0 Å². The van der Waals surface area contributed by atoms with Crippen LogP contribution in [0.3, 0.4) is 0 Å². The Kier molecular flexibility index (Phi) is 3.96. The van der Waals surface area contributed by atoms with Gasteiger partial charge >= 0.3 is 0 Å².